The molecule has 2 heterocycles. The molecule has 23 heavy (non-hydrogen) atoms. The average Bonchev–Trinajstić information content (AvgIpc) is 2.59. The van der Waals surface area contributed by atoms with Gasteiger partial charge in [0.05, 0.1) is 0 Å². The van der Waals surface area contributed by atoms with E-state index in [4.69, 9.17) is 0 Å². The number of aromatic nitrogens is 2. The standard InChI is InChI=1S/C18H15N3O2/c1-21-10-9-14(11-17(21)22)18(23)20-16-8-7-15(12-19-16)13-5-3-2-4-6-13/h2-12H,1H3,(H,19,20,23). The second kappa shape index (κ2) is 6.27. The fraction of sp³-hybridized carbons (Fsp3) is 0.0556. The van der Waals surface area contributed by atoms with E-state index in [0.717, 1.165) is 11.1 Å². The van der Waals surface area contributed by atoms with Gasteiger partial charge in [0, 0.05) is 36.6 Å². The zero-order valence-electron chi connectivity index (χ0n) is 12.6. The first-order valence-corrected chi connectivity index (χ1v) is 7.13. The van der Waals surface area contributed by atoms with Crippen molar-refractivity contribution in [2.75, 3.05) is 5.32 Å². The van der Waals surface area contributed by atoms with Crippen LogP contribution in [0.5, 0.6) is 0 Å². The summed E-state index contributed by atoms with van der Waals surface area (Å²) in [5, 5.41) is 2.69. The highest BCUT2D eigenvalue weighted by Crippen LogP contribution is 2.19. The zero-order valence-corrected chi connectivity index (χ0v) is 12.6. The predicted molar refractivity (Wildman–Crippen MR) is 89.3 cm³/mol. The minimum atomic E-state index is -0.359. The molecule has 114 valence electrons. The molecule has 5 nitrogen and oxygen atoms in total. The quantitative estimate of drug-likeness (QED) is 0.809. The summed E-state index contributed by atoms with van der Waals surface area (Å²) in [5.74, 6) is 0.0815. The third-order valence-electron chi connectivity index (χ3n) is 3.48. The number of benzene rings is 1. The monoisotopic (exact) mass is 305 g/mol. The molecule has 3 aromatic rings. The van der Waals surface area contributed by atoms with E-state index in [1.807, 2.05) is 36.4 Å². The summed E-state index contributed by atoms with van der Waals surface area (Å²) >= 11 is 0. The van der Waals surface area contributed by atoms with E-state index >= 15 is 0 Å². The van der Waals surface area contributed by atoms with Gasteiger partial charge in [0.25, 0.3) is 11.5 Å². The Kier molecular flexibility index (Phi) is 4.01. The Labute approximate surface area is 133 Å². The van der Waals surface area contributed by atoms with Crippen LogP contribution < -0.4 is 10.9 Å². The van der Waals surface area contributed by atoms with Crippen LogP contribution in [0.1, 0.15) is 10.4 Å². The Morgan fingerprint density at radius 2 is 1.83 bits per heavy atom. The van der Waals surface area contributed by atoms with E-state index in [-0.39, 0.29) is 11.5 Å². The fourth-order valence-electron chi connectivity index (χ4n) is 2.15. The lowest BCUT2D eigenvalue weighted by Crippen LogP contribution is -2.20. The number of amides is 1. The van der Waals surface area contributed by atoms with Crippen LogP contribution in [0.15, 0.2) is 71.8 Å². The third kappa shape index (κ3) is 3.35. The van der Waals surface area contributed by atoms with Crippen LogP contribution in [0.2, 0.25) is 0 Å². The minimum Gasteiger partial charge on any atom is -0.319 e. The van der Waals surface area contributed by atoms with E-state index in [1.165, 1.54) is 10.6 Å². The van der Waals surface area contributed by atoms with Gasteiger partial charge in [-0.2, -0.15) is 0 Å². The van der Waals surface area contributed by atoms with Crippen molar-refractivity contribution in [1.82, 2.24) is 9.55 Å². The number of rotatable bonds is 3. The maximum atomic E-state index is 12.1. The van der Waals surface area contributed by atoms with Gasteiger partial charge < -0.3 is 9.88 Å². The first kappa shape index (κ1) is 14.7. The smallest absolute Gasteiger partial charge is 0.257 e. The van der Waals surface area contributed by atoms with Crippen molar-refractivity contribution in [1.29, 1.82) is 0 Å². The van der Waals surface area contributed by atoms with Crippen molar-refractivity contribution >= 4 is 11.7 Å². The van der Waals surface area contributed by atoms with E-state index in [1.54, 1.807) is 31.6 Å². The average molecular weight is 305 g/mol. The van der Waals surface area contributed by atoms with Crippen molar-refractivity contribution in [3.8, 4) is 11.1 Å². The molecule has 1 aromatic carbocycles. The first-order valence-electron chi connectivity index (χ1n) is 7.13. The fourth-order valence-corrected chi connectivity index (χ4v) is 2.15. The number of anilines is 1. The van der Waals surface area contributed by atoms with Gasteiger partial charge in [-0.3, -0.25) is 9.59 Å². The van der Waals surface area contributed by atoms with Crippen molar-refractivity contribution < 1.29 is 4.79 Å². The molecule has 0 aliphatic rings. The van der Waals surface area contributed by atoms with Crippen LogP contribution in [-0.4, -0.2) is 15.5 Å². The second-order valence-electron chi connectivity index (χ2n) is 5.12. The summed E-state index contributed by atoms with van der Waals surface area (Å²) in [5.41, 5.74) is 2.11. The topological polar surface area (TPSA) is 64.0 Å². The molecule has 0 spiro atoms. The van der Waals surface area contributed by atoms with E-state index in [0.29, 0.717) is 11.4 Å². The number of pyridine rings is 2. The lowest BCUT2D eigenvalue weighted by atomic mass is 10.1. The Bertz CT molecular complexity index is 884. The summed E-state index contributed by atoms with van der Waals surface area (Å²) in [6.45, 7) is 0. The predicted octanol–water partition coefficient (Wildman–Crippen LogP) is 2.70. The number of carbonyl (C=O) groups excluding carboxylic acids is 1. The summed E-state index contributed by atoms with van der Waals surface area (Å²) in [7, 11) is 1.63. The van der Waals surface area contributed by atoms with Gasteiger partial charge in [-0.05, 0) is 23.8 Å². The molecule has 0 atom stereocenters. The molecule has 0 saturated carbocycles. The third-order valence-corrected chi connectivity index (χ3v) is 3.48. The SMILES string of the molecule is Cn1ccc(C(=O)Nc2ccc(-c3ccccc3)cn2)cc1=O. The van der Waals surface area contributed by atoms with Crippen molar-refractivity contribution in [2.24, 2.45) is 7.05 Å². The zero-order chi connectivity index (χ0) is 16.2. The normalized spacial score (nSPS) is 10.3. The second-order valence-corrected chi connectivity index (χ2v) is 5.12. The lowest BCUT2D eigenvalue weighted by molar-refractivity contribution is 0.102. The molecule has 0 unspecified atom stereocenters. The lowest BCUT2D eigenvalue weighted by Gasteiger charge is -2.06. The number of carbonyl (C=O) groups is 1. The van der Waals surface area contributed by atoms with Crippen molar-refractivity contribution in [3.63, 3.8) is 0 Å². The van der Waals surface area contributed by atoms with Gasteiger partial charge in [0.2, 0.25) is 0 Å². The summed E-state index contributed by atoms with van der Waals surface area (Å²) < 4.78 is 1.41. The molecule has 0 aliphatic heterocycles. The number of hydrogen-bond acceptors (Lipinski definition) is 3. The molecular formula is C18H15N3O2. The Balaban J connectivity index is 1.76. The van der Waals surface area contributed by atoms with Crippen LogP contribution in [0, 0.1) is 0 Å². The van der Waals surface area contributed by atoms with Crippen LogP contribution in [0.3, 0.4) is 0 Å². The van der Waals surface area contributed by atoms with Gasteiger partial charge in [-0.1, -0.05) is 30.3 Å². The molecule has 0 fully saturated rings. The maximum Gasteiger partial charge on any atom is 0.257 e. The molecular weight excluding hydrogens is 290 g/mol. The highest BCUT2D eigenvalue weighted by Gasteiger charge is 2.08. The maximum absolute atomic E-state index is 12.1. The van der Waals surface area contributed by atoms with Crippen molar-refractivity contribution in [2.45, 2.75) is 0 Å². The number of nitrogens with zero attached hydrogens (tertiary/aromatic N) is 2. The van der Waals surface area contributed by atoms with Crippen LogP contribution in [0.4, 0.5) is 5.82 Å². The van der Waals surface area contributed by atoms with E-state index < -0.39 is 0 Å². The minimum absolute atomic E-state index is 0.231. The molecule has 0 aliphatic carbocycles. The van der Waals surface area contributed by atoms with Crippen molar-refractivity contribution in [3.05, 3.63) is 82.9 Å². The molecule has 1 amide bonds. The highest BCUT2D eigenvalue weighted by molar-refractivity contribution is 6.03. The molecule has 1 N–H and O–H groups in total. The summed E-state index contributed by atoms with van der Waals surface area (Å²) in [6.07, 6.45) is 3.26. The summed E-state index contributed by atoms with van der Waals surface area (Å²) in [6, 6.07) is 16.4. The molecule has 0 radical (unpaired) electrons. The molecule has 5 heteroatoms. The Morgan fingerprint density at radius 3 is 2.48 bits per heavy atom. The van der Waals surface area contributed by atoms with E-state index in [2.05, 4.69) is 10.3 Å². The number of nitrogens with one attached hydrogen (secondary N) is 1. The Hall–Kier alpha value is -3.21. The van der Waals surface area contributed by atoms with Crippen LogP contribution >= 0.6 is 0 Å². The molecule has 0 saturated heterocycles. The molecule has 0 bridgehead atoms. The van der Waals surface area contributed by atoms with E-state index in [9.17, 15) is 9.59 Å². The molecule has 3 rings (SSSR count). The highest BCUT2D eigenvalue weighted by atomic mass is 16.2. The van der Waals surface area contributed by atoms with Gasteiger partial charge in [-0.15, -0.1) is 0 Å². The van der Waals surface area contributed by atoms with Crippen LogP contribution in [-0.2, 0) is 7.05 Å². The van der Waals surface area contributed by atoms with Gasteiger partial charge in [0.1, 0.15) is 5.82 Å². The van der Waals surface area contributed by atoms with Crippen LogP contribution in [0.25, 0.3) is 11.1 Å². The summed E-state index contributed by atoms with van der Waals surface area (Å²) in [4.78, 5) is 27.9. The number of hydrogen-bond donors (Lipinski definition) is 1. The Morgan fingerprint density at radius 1 is 1.04 bits per heavy atom. The van der Waals surface area contributed by atoms with Gasteiger partial charge in [0.15, 0.2) is 0 Å². The van der Waals surface area contributed by atoms with Gasteiger partial charge >= 0.3 is 0 Å². The largest absolute Gasteiger partial charge is 0.319 e. The first-order chi connectivity index (χ1) is 11.1. The van der Waals surface area contributed by atoms with Gasteiger partial charge in [-0.25, -0.2) is 4.98 Å². The number of aryl methyl sites for hydroxylation is 1. The molecule has 2 aromatic heterocycles.